The van der Waals surface area contributed by atoms with Crippen molar-refractivity contribution < 1.29 is 4.79 Å². The molecule has 6 heteroatoms. The summed E-state index contributed by atoms with van der Waals surface area (Å²) in [6.07, 6.45) is 1.74. The quantitative estimate of drug-likeness (QED) is 0.848. The van der Waals surface area contributed by atoms with Gasteiger partial charge in [0, 0.05) is 12.7 Å². The Labute approximate surface area is 116 Å². The fraction of sp³-hybridized carbons (Fsp3) is 0.231. The second kappa shape index (κ2) is 5.32. The molecule has 1 amide bonds. The minimum Gasteiger partial charge on any atom is -0.397 e. The molecular formula is C13H15ClN4O. The molecule has 2 aromatic rings. The zero-order valence-corrected chi connectivity index (χ0v) is 11.5. The largest absolute Gasteiger partial charge is 0.397 e. The average Bonchev–Trinajstić information content (AvgIpc) is 2.74. The first-order valence-corrected chi connectivity index (χ1v) is 6.29. The van der Waals surface area contributed by atoms with E-state index in [1.807, 2.05) is 6.92 Å². The molecule has 5 nitrogen and oxygen atoms in total. The molecule has 3 N–H and O–H groups in total. The third kappa shape index (κ3) is 2.88. The van der Waals surface area contributed by atoms with Crippen LogP contribution in [-0.2, 0) is 6.54 Å². The normalized spacial score (nSPS) is 10.5. The standard InChI is InChI=1S/C13H15ClN4O/c1-3-18-7-9(15)6-11(18)13(19)17-10-4-5-12(14)16-8(10)2/h4-7H,3,15H2,1-2H3,(H,17,19). The number of amides is 1. The molecule has 0 atom stereocenters. The van der Waals surface area contributed by atoms with Crippen molar-refractivity contribution in [3.63, 3.8) is 0 Å². The Morgan fingerprint density at radius 1 is 1.53 bits per heavy atom. The Hall–Kier alpha value is -2.01. The van der Waals surface area contributed by atoms with E-state index in [9.17, 15) is 4.79 Å². The van der Waals surface area contributed by atoms with Gasteiger partial charge in [0.2, 0.25) is 0 Å². The molecule has 0 aliphatic rings. The molecule has 0 saturated carbocycles. The third-order valence-electron chi connectivity index (χ3n) is 2.79. The lowest BCUT2D eigenvalue weighted by Gasteiger charge is -2.09. The van der Waals surface area contributed by atoms with Crippen LogP contribution in [0.4, 0.5) is 11.4 Å². The predicted octanol–water partition coefficient (Wildman–Crippen LogP) is 2.70. The van der Waals surface area contributed by atoms with E-state index < -0.39 is 0 Å². The molecule has 0 saturated heterocycles. The number of pyridine rings is 1. The van der Waals surface area contributed by atoms with E-state index in [1.165, 1.54) is 0 Å². The highest BCUT2D eigenvalue weighted by atomic mass is 35.5. The van der Waals surface area contributed by atoms with Gasteiger partial charge < -0.3 is 15.6 Å². The molecule has 2 heterocycles. The smallest absolute Gasteiger partial charge is 0.272 e. The summed E-state index contributed by atoms with van der Waals surface area (Å²) in [5, 5.41) is 3.20. The molecule has 0 aliphatic heterocycles. The van der Waals surface area contributed by atoms with Crippen molar-refractivity contribution in [2.75, 3.05) is 11.1 Å². The molecule has 0 radical (unpaired) electrons. The van der Waals surface area contributed by atoms with E-state index in [4.69, 9.17) is 17.3 Å². The van der Waals surface area contributed by atoms with Gasteiger partial charge in [-0.25, -0.2) is 4.98 Å². The van der Waals surface area contributed by atoms with Crippen LogP contribution < -0.4 is 11.1 Å². The highest BCUT2D eigenvalue weighted by molar-refractivity contribution is 6.29. The SMILES string of the molecule is CCn1cc(N)cc1C(=O)Nc1ccc(Cl)nc1C. The summed E-state index contributed by atoms with van der Waals surface area (Å²) in [6.45, 7) is 4.41. The van der Waals surface area contributed by atoms with Crippen LogP contribution in [0.5, 0.6) is 0 Å². The van der Waals surface area contributed by atoms with Crippen LogP contribution >= 0.6 is 11.6 Å². The maximum Gasteiger partial charge on any atom is 0.272 e. The van der Waals surface area contributed by atoms with Crippen LogP contribution in [0.2, 0.25) is 5.15 Å². The van der Waals surface area contributed by atoms with E-state index in [2.05, 4.69) is 10.3 Å². The summed E-state index contributed by atoms with van der Waals surface area (Å²) in [7, 11) is 0. The summed E-state index contributed by atoms with van der Waals surface area (Å²) >= 11 is 5.78. The minimum absolute atomic E-state index is 0.217. The van der Waals surface area contributed by atoms with Crippen LogP contribution in [0.15, 0.2) is 24.4 Å². The van der Waals surface area contributed by atoms with E-state index >= 15 is 0 Å². The number of aromatic nitrogens is 2. The van der Waals surface area contributed by atoms with E-state index in [0.29, 0.717) is 34.5 Å². The first-order chi connectivity index (χ1) is 9.01. The van der Waals surface area contributed by atoms with Gasteiger partial charge in [-0.05, 0) is 32.0 Å². The van der Waals surface area contributed by atoms with Gasteiger partial charge in [-0.1, -0.05) is 11.6 Å². The third-order valence-corrected chi connectivity index (χ3v) is 3.00. The van der Waals surface area contributed by atoms with Crippen molar-refractivity contribution in [2.24, 2.45) is 0 Å². The van der Waals surface area contributed by atoms with E-state index in [-0.39, 0.29) is 5.91 Å². The number of hydrogen-bond donors (Lipinski definition) is 2. The summed E-state index contributed by atoms with van der Waals surface area (Å²) < 4.78 is 1.79. The Kier molecular flexibility index (Phi) is 3.76. The zero-order chi connectivity index (χ0) is 14.0. The van der Waals surface area contributed by atoms with Gasteiger partial charge in [0.05, 0.1) is 17.1 Å². The van der Waals surface area contributed by atoms with Gasteiger partial charge in [-0.3, -0.25) is 4.79 Å². The van der Waals surface area contributed by atoms with Crippen LogP contribution in [0.3, 0.4) is 0 Å². The Morgan fingerprint density at radius 3 is 2.89 bits per heavy atom. The monoisotopic (exact) mass is 278 g/mol. The van der Waals surface area contributed by atoms with Crippen molar-refractivity contribution >= 4 is 28.9 Å². The molecule has 0 fully saturated rings. The number of aryl methyl sites for hydroxylation is 2. The molecule has 0 aliphatic carbocycles. The van der Waals surface area contributed by atoms with Gasteiger partial charge in [0.25, 0.3) is 5.91 Å². The number of nitrogens with one attached hydrogen (secondary N) is 1. The predicted molar refractivity (Wildman–Crippen MR) is 76.5 cm³/mol. The lowest BCUT2D eigenvalue weighted by molar-refractivity contribution is 0.101. The van der Waals surface area contributed by atoms with Crippen molar-refractivity contribution in [3.8, 4) is 0 Å². The molecule has 2 rings (SSSR count). The fourth-order valence-corrected chi connectivity index (χ4v) is 2.02. The van der Waals surface area contributed by atoms with Gasteiger partial charge in [0.1, 0.15) is 10.8 Å². The summed E-state index contributed by atoms with van der Waals surface area (Å²) in [5.41, 5.74) is 8.10. The highest BCUT2D eigenvalue weighted by Crippen LogP contribution is 2.18. The topological polar surface area (TPSA) is 72.9 Å². The summed E-state index contributed by atoms with van der Waals surface area (Å²) in [4.78, 5) is 16.3. The second-order valence-corrected chi connectivity index (χ2v) is 4.55. The first kappa shape index (κ1) is 13.4. The van der Waals surface area contributed by atoms with Crippen molar-refractivity contribution in [1.29, 1.82) is 0 Å². The summed E-state index contributed by atoms with van der Waals surface area (Å²) in [6, 6.07) is 5.01. The number of nitrogens with zero attached hydrogens (tertiary/aromatic N) is 2. The number of hydrogen-bond acceptors (Lipinski definition) is 3. The minimum atomic E-state index is -0.217. The Bertz CT molecular complexity index is 621. The molecule has 19 heavy (non-hydrogen) atoms. The number of rotatable bonds is 3. The van der Waals surface area contributed by atoms with Crippen molar-refractivity contribution in [1.82, 2.24) is 9.55 Å². The van der Waals surface area contributed by atoms with Crippen molar-refractivity contribution in [3.05, 3.63) is 40.9 Å². The number of anilines is 2. The number of nitrogen functional groups attached to an aromatic ring is 1. The zero-order valence-electron chi connectivity index (χ0n) is 10.8. The molecule has 0 bridgehead atoms. The molecule has 0 aromatic carbocycles. The lowest BCUT2D eigenvalue weighted by Crippen LogP contribution is -2.17. The van der Waals surface area contributed by atoms with Crippen LogP contribution in [0, 0.1) is 6.92 Å². The lowest BCUT2D eigenvalue weighted by atomic mass is 10.3. The highest BCUT2D eigenvalue weighted by Gasteiger charge is 2.13. The van der Waals surface area contributed by atoms with Gasteiger partial charge >= 0.3 is 0 Å². The number of nitrogens with two attached hydrogens (primary N) is 1. The maximum atomic E-state index is 12.2. The number of halogens is 1. The molecule has 0 unspecified atom stereocenters. The molecule has 2 aromatic heterocycles. The van der Waals surface area contributed by atoms with Crippen molar-refractivity contribution in [2.45, 2.75) is 20.4 Å². The first-order valence-electron chi connectivity index (χ1n) is 5.91. The van der Waals surface area contributed by atoms with Gasteiger partial charge in [-0.15, -0.1) is 0 Å². The second-order valence-electron chi connectivity index (χ2n) is 4.17. The number of carbonyl (C=O) groups is 1. The van der Waals surface area contributed by atoms with E-state index in [0.717, 1.165) is 0 Å². The molecular weight excluding hydrogens is 264 g/mol. The fourth-order valence-electron chi connectivity index (χ4n) is 1.83. The van der Waals surface area contributed by atoms with Crippen LogP contribution in [-0.4, -0.2) is 15.5 Å². The van der Waals surface area contributed by atoms with Gasteiger partial charge in [0.15, 0.2) is 0 Å². The summed E-state index contributed by atoms with van der Waals surface area (Å²) in [5.74, 6) is -0.217. The Balaban J connectivity index is 2.25. The van der Waals surface area contributed by atoms with Crippen LogP contribution in [0.1, 0.15) is 23.1 Å². The number of carbonyl (C=O) groups excluding carboxylic acids is 1. The Morgan fingerprint density at radius 2 is 2.26 bits per heavy atom. The average molecular weight is 279 g/mol. The maximum absolute atomic E-state index is 12.2. The van der Waals surface area contributed by atoms with Gasteiger partial charge in [-0.2, -0.15) is 0 Å². The van der Waals surface area contributed by atoms with E-state index in [1.54, 1.807) is 35.9 Å². The molecule has 100 valence electrons. The van der Waals surface area contributed by atoms with Crippen LogP contribution in [0.25, 0.3) is 0 Å². The molecule has 0 spiro atoms.